The average molecular weight is 365 g/mol. The van der Waals surface area contributed by atoms with E-state index in [1.54, 1.807) is 48.9 Å². The van der Waals surface area contributed by atoms with Gasteiger partial charge in [-0.3, -0.25) is 4.79 Å². The second kappa shape index (κ2) is 6.24. The van der Waals surface area contributed by atoms with Crippen LogP contribution in [-0.4, -0.2) is 25.7 Å². The molecule has 7 nitrogen and oxygen atoms in total. The van der Waals surface area contributed by atoms with Crippen molar-refractivity contribution in [1.29, 1.82) is 0 Å². The fraction of sp³-hybridized carbons (Fsp3) is 0.105. The number of imidazole rings is 1. The molecule has 3 N–H and O–H groups in total. The third-order valence-corrected chi connectivity index (χ3v) is 4.36. The molecule has 8 heteroatoms. The molecule has 1 amide bonds. The molecule has 0 aliphatic heterocycles. The maximum Gasteiger partial charge on any atom is 0.323 e. The number of aryl methyl sites for hydroxylation is 1. The van der Waals surface area contributed by atoms with Gasteiger partial charge in [-0.05, 0) is 56.3 Å². The Hall–Kier alpha value is -3.68. The maximum atomic E-state index is 13.2. The van der Waals surface area contributed by atoms with Crippen LogP contribution in [0.5, 0.6) is 0 Å². The summed E-state index contributed by atoms with van der Waals surface area (Å²) >= 11 is 0. The molecule has 0 bridgehead atoms. The summed E-state index contributed by atoms with van der Waals surface area (Å²) in [5, 5.41) is 7.23. The number of aromatic nitrogens is 4. The molecular formula is C19H16FN5O2. The smallest absolute Gasteiger partial charge is 0.322 e. The zero-order valence-electron chi connectivity index (χ0n) is 14.6. The van der Waals surface area contributed by atoms with E-state index >= 15 is 0 Å². The lowest BCUT2D eigenvalue weighted by atomic mass is 10.1. The van der Waals surface area contributed by atoms with Crippen LogP contribution in [0.3, 0.4) is 0 Å². The Balaban J connectivity index is 1.66. The quantitative estimate of drug-likeness (QED) is 0.521. The fourth-order valence-electron chi connectivity index (χ4n) is 3.11. The van der Waals surface area contributed by atoms with E-state index in [1.807, 2.05) is 0 Å². The summed E-state index contributed by atoms with van der Waals surface area (Å²) < 4.78 is 14.8. The van der Waals surface area contributed by atoms with Crippen LogP contribution in [0.15, 0.2) is 47.3 Å². The molecule has 0 atom stereocenters. The van der Waals surface area contributed by atoms with Crippen molar-refractivity contribution in [2.24, 2.45) is 0 Å². The largest absolute Gasteiger partial charge is 0.323 e. The third kappa shape index (κ3) is 3.01. The molecule has 2 aromatic heterocycles. The Bertz CT molecular complexity index is 1220. The summed E-state index contributed by atoms with van der Waals surface area (Å²) in [7, 11) is 0. The minimum absolute atomic E-state index is 0.305. The van der Waals surface area contributed by atoms with Crippen molar-refractivity contribution in [2.45, 2.75) is 13.8 Å². The summed E-state index contributed by atoms with van der Waals surface area (Å²) in [5.41, 5.74) is 3.84. The molecule has 0 spiro atoms. The van der Waals surface area contributed by atoms with Crippen LogP contribution in [0.2, 0.25) is 0 Å². The number of nitrogens with one attached hydrogen (secondary N) is 3. The van der Waals surface area contributed by atoms with Gasteiger partial charge in [-0.25, -0.2) is 13.9 Å². The van der Waals surface area contributed by atoms with Gasteiger partial charge in [0.1, 0.15) is 5.82 Å². The van der Waals surface area contributed by atoms with Crippen molar-refractivity contribution >= 4 is 22.6 Å². The minimum Gasteiger partial charge on any atom is -0.322 e. The van der Waals surface area contributed by atoms with Gasteiger partial charge < -0.3 is 15.3 Å². The van der Waals surface area contributed by atoms with Crippen LogP contribution >= 0.6 is 0 Å². The summed E-state index contributed by atoms with van der Waals surface area (Å²) in [5.74, 6) is -0.646. The van der Waals surface area contributed by atoms with Crippen molar-refractivity contribution in [3.05, 3.63) is 75.7 Å². The highest BCUT2D eigenvalue weighted by atomic mass is 19.1. The number of aromatic amines is 2. The first-order valence-electron chi connectivity index (χ1n) is 8.28. The molecule has 0 aliphatic rings. The van der Waals surface area contributed by atoms with E-state index in [4.69, 9.17) is 0 Å². The van der Waals surface area contributed by atoms with E-state index in [1.165, 1.54) is 12.1 Å². The average Bonchev–Trinajstić information content (AvgIpc) is 3.13. The van der Waals surface area contributed by atoms with E-state index in [0.29, 0.717) is 39.4 Å². The second-order valence-corrected chi connectivity index (χ2v) is 6.23. The van der Waals surface area contributed by atoms with Gasteiger partial charge in [0, 0.05) is 5.69 Å². The molecule has 0 fully saturated rings. The Morgan fingerprint density at radius 2 is 1.78 bits per heavy atom. The Labute approximate surface area is 152 Å². The van der Waals surface area contributed by atoms with E-state index in [-0.39, 0.29) is 17.4 Å². The summed E-state index contributed by atoms with van der Waals surface area (Å²) in [6.07, 6.45) is 0. The molecule has 0 aliphatic carbocycles. The van der Waals surface area contributed by atoms with Gasteiger partial charge in [0.05, 0.1) is 33.7 Å². The third-order valence-electron chi connectivity index (χ3n) is 4.36. The second-order valence-electron chi connectivity index (χ2n) is 6.23. The first-order valence-corrected chi connectivity index (χ1v) is 8.28. The number of fused-ring (bicyclic) bond motifs is 1. The number of nitrogens with zero attached hydrogens (tertiary/aromatic N) is 2. The number of carbonyl (C=O) groups is 1. The highest BCUT2D eigenvalue weighted by Gasteiger charge is 2.20. The van der Waals surface area contributed by atoms with Crippen molar-refractivity contribution in [3.63, 3.8) is 0 Å². The van der Waals surface area contributed by atoms with Gasteiger partial charge in [0.15, 0.2) is 0 Å². The Kier molecular flexibility index (Phi) is 3.88. The molecule has 136 valence electrons. The lowest BCUT2D eigenvalue weighted by Gasteiger charge is -2.07. The van der Waals surface area contributed by atoms with Crippen LogP contribution < -0.4 is 11.0 Å². The number of hydrogen-bond donors (Lipinski definition) is 3. The normalized spacial score (nSPS) is 11.1. The molecule has 4 rings (SSSR count). The van der Waals surface area contributed by atoms with Crippen molar-refractivity contribution in [1.82, 2.24) is 19.7 Å². The van der Waals surface area contributed by atoms with Gasteiger partial charge in [-0.15, -0.1) is 0 Å². The molecule has 0 radical (unpaired) electrons. The number of H-pyrrole nitrogens is 2. The Morgan fingerprint density at radius 1 is 1.07 bits per heavy atom. The van der Waals surface area contributed by atoms with Crippen LogP contribution in [-0.2, 0) is 0 Å². The number of benzene rings is 2. The van der Waals surface area contributed by atoms with E-state index in [2.05, 4.69) is 20.4 Å². The van der Waals surface area contributed by atoms with E-state index in [9.17, 15) is 14.0 Å². The lowest BCUT2D eigenvalue weighted by Crippen LogP contribution is -2.14. The zero-order valence-corrected chi connectivity index (χ0v) is 14.6. The molecule has 4 aromatic rings. The molecule has 0 unspecified atom stereocenters. The van der Waals surface area contributed by atoms with E-state index < -0.39 is 0 Å². The van der Waals surface area contributed by atoms with Crippen molar-refractivity contribution < 1.29 is 9.18 Å². The highest BCUT2D eigenvalue weighted by Crippen LogP contribution is 2.21. The van der Waals surface area contributed by atoms with Crippen molar-refractivity contribution in [2.75, 3.05) is 5.32 Å². The van der Waals surface area contributed by atoms with Gasteiger partial charge >= 0.3 is 5.69 Å². The summed E-state index contributed by atoms with van der Waals surface area (Å²) in [6.45, 7) is 3.53. The minimum atomic E-state index is -0.337. The number of amides is 1. The van der Waals surface area contributed by atoms with Gasteiger partial charge in [0.2, 0.25) is 0 Å². The predicted octanol–water partition coefficient (Wildman–Crippen LogP) is 3.05. The first-order chi connectivity index (χ1) is 12.9. The van der Waals surface area contributed by atoms with Gasteiger partial charge in [0.25, 0.3) is 5.91 Å². The topological polar surface area (TPSA) is 95.6 Å². The molecule has 0 saturated carbocycles. The summed E-state index contributed by atoms with van der Waals surface area (Å²) in [6, 6.07) is 11.0. The monoisotopic (exact) mass is 365 g/mol. The number of rotatable bonds is 3. The number of anilines is 1. The predicted molar refractivity (Wildman–Crippen MR) is 99.9 cm³/mol. The fourth-order valence-corrected chi connectivity index (χ4v) is 3.11. The van der Waals surface area contributed by atoms with E-state index in [0.717, 1.165) is 0 Å². The highest BCUT2D eigenvalue weighted by molar-refractivity contribution is 6.06. The zero-order chi connectivity index (χ0) is 19.1. The lowest BCUT2D eigenvalue weighted by molar-refractivity contribution is 0.102. The number of carbonyl (C=O) groups excluding carboxylic acids is 1. The molecular weight excluding hydrogens is 349 g/mol. The van der Waals surface area contributed by atoms with Gasteiger partial charge in [-0.1, -0.05) is 0 Å². The first kappa shape index (κ1) is 16.8. The van der Waals surface area contributed by atoms with Crippen LogP contribution in [0.25, 0.3) is 16.7 Å². The SMILES string of the molecule is Cc1nn(-c2ccc(F)cc2)c(C)c1C(=O)Nc1ccc2[nH]c(=O)[nH]c2c1. The molecule has 2 heterocycles. The summed E-state index contributed by atoms with van der Waals surface area (Å²) in [4.78, 5) is 29.5. The molecule has 0 saturated heterocycles. The van der Waals surface area contributed by atoms with Gasteiger partial charge in [-0.2, -0.15) is 5.10 Å². The van der Waals surface area contributed by atoms with Crippen LogP contribution in [0, 0.1) is 19.7 Å². The standard InChI is InChI=1S/C19H16FN5O2/c1-10-17(11(2)25(24-10)14-6-3-12(20)4-7-14)18(26)21-13-5-8-15-16(9-13)23-19(27)22-15/h3-9H,1-2H3,(H,21,26)(H2,22,23,27). The van der Waals surface area contributed by atoms with Crippen LogP contribution in [0.4, 0.5) is 10.1 Å². The molecule has 2 aromatic carbocycles. The van der Waals surface area contributed by atoms with Crippen molar-refractivity contribution in [3.8, 4) is 5.69 Å². The number of hydrogen-bond acceptors (Lipinski definition) is 3. The maximum absolute atomic E-state index is 13.2. The van der Waals surface area contributed by atoms with Crippen LogP contribution in [0.1, 0.15) is 21.7 Å². The Morgan fingerprint density at radius 3 is 2.52 bits per heavy atom. The molecule has 27 heavy (non-hydrogen) atoms. The number of halogens is 1.